The first kappa shape index (κ1) is 18.6. The molecule has 0 saturated carbocycles. The Bertz CT molecular complexity index is 941. The van der Waals surface area contributed by atoms with Crippen molar-refractivity contribution in [2.24, 2.45) is 5.92 Å². The number of rotatable bonds is 4. The molecule has 1 aliphatic rings. The van der Waals surface area contributed by atoms with Gasteiger partial charge in [0.2, 0.25) is 5.91 Å². The first-order chi connectivity index (χ1) is 13.7. The van der Waals surface area contributed by atoms with E-state index in [0.29, 0.717) is 0 Å². The lowest BCUT2D eigenvalue weighted by Crippen LogP contribution is -2.38. The topological polar surface area (TPSA) is 71.0 Å². The monoisotopic (exact) mass is 437 g/mol. The van der Waals surface area contributed by atoms with Crippen molar-refractivity contribution in [3.63, 3.8) is 0 Å². The van der Waals surface area contributed by atoms with Gasteiger partial charge >= 0.3 is 0 Å². The number of nitrogens with zero attached hydrogens (tertiary/aromatic N) is 4. The molecule has 1 fully saturated rings. The third-order valence-corrected chi connectivity index (χ3v) is 5.40. The number of hydrogen-bond donors (Lipinski definition) is 1. The van der Waals surface area contributed by atoms with Crippen LogP contribution in [0.1, 0.15) is 12.8 Å². The zero-order valence-corrected chi connectivity index (χ0v) is 16.8. The average Bonchev–Trinajstić information content (AvgIpc) is 2.75. The third-order valence-electron chi connectivity index (χ3n) is 4.91. The van der Waals surface area contributed by atoms with E-state index < -0.39 is 0 Å². The van der Waals surface area contributed by atoms with Gasteiger partial charge in [-0.1, -0.05) is 22.0 Å². The van der Waals surface area contributed by atoms with Gasteiger partial charge in [0.1, 0.15) is 0 Å². The van der Waals surface area contributed by atoms with Crippen LogP contribution in [0.4, 0.5) is 11.5 Å². The molecular weight excluding hydrogens is 418 g/mol. The van der Waals surface area contributed by atoms with Crippen LogP contribution in [0.3, 0.4) is 0 Å². The predicted molar refractivity (Wildman–Crippen MR) is 113 cm³/mol. The van der Waals surface area contributed by atoms with Gasteiger partial charge in [-0.3, -0.25) is 9.78 Å². The second-order valence-corrected chi connectivity index (χ2v) is 7.69. The number of benzene rings is 1. The zero-order valence-electron chi connectivity index (χ0n) is 15.3. The maximum absolute atomic E-state index is 12.5. The molecule has 1 N–H and O–H groups in total. The summed E-state index contributed by atoms with van der Waals surface area (Å²) in [7, 11) is 0. The van der Waals surface area contributed by atoms with Crippen molar-refractivity contribution in [1.82, 2.24) is 15.2 Å². The number of carbonyl (C=O) groups excluding carboxylic acids is 1. The number of halogens is 1. The maximum Gasteiger partial charge on any atom is 0.227 e. The molecule has 0 spiro atoms. The fourth-order valence-electron chi connectivity index (χ4n) is 3.35. The van der Waals surface area contributed by atoms with E-state index in [1.165, 1.54) is 0 Å². The maximum atomic E-state index is 12.5. The summed E-state index contributed by atoms with van der Waals surface area (Å²) in [6.07, 6.45) is 5.09. The molecule has 0 aliphatic carbocycles. The number of nitrogens with one attached hydrogen (secondary N) is 1. The summed E-state index contributed by atoms with van der Waals surface area (Å²) < 4.78 is 0.953. The first-order valence-electron chi connectivity index (χ1n) is 9.24. The first-order valence-corrected chi connectivity index (χ1v) is 10.0. The number of aromatic nitrogens is 3. The Balaban J connectivity index is 1.34. The quantitative estimate of drug-likeness (QED) is 0.663. The van der Waals surface area contributed by atoms with E-state index in [2.05, 4.69) is 41.3 Å². The molecule has 4 rings (SSSR count). The molecule has 142 valence electrons. The van der Waals surface area contributed by atoms with E-state index in [1.54, 1.807) is 12.4 Å². The van der Waals surface area contributed by atoms with E-state index in [0.717, 1.165) is 53.2 Å². The van der Waals surface area contributed by atoms with Gasteiger partial charge in [-0.25, -0.2) is 0 Å². The van der Waals surface area contributed by atoms with E-state index in [1.807, 2.05) is 48.5 Å². The highest BCUT2D eigenvalue weighted by Crippen LogP contribution is 2.25. The zero-order chi connectivity index (χ0) is 19.3. The van der Waals surface area contributed by atoms with Crippen molar-refractivity contribution in [3.8, 4) is 11.3 Å². The molecule has 3 heterocycles. The summed E-state index contributed by atoms with van der Waals surface area (Å²) in [5.74, 6) is 0.944. The van der Waals surface area contributed by atoms with Gasteiger partial charge in [0.05, 0.1) is 5.69 Å². The summed E-state index contributed by atoms with van der Waals surface area (Å²) in [5, 5.41) is 11.7. The molecule has 28 heavy (non-hydrogen) atoms. The summed E-state index contributed by atoms with van der Waals surface area (Å²) in [4.78, 5) is 18.8. The SMILES string of the molecule is O=C(Nc1cccc(Br)c1)C1CCN(c2ccc(-c3ccncc3)nn2)CC1. The lowest BCUT2D eigenvalue weighted by Gasteiger charge is -2.31. The van der Waals surface area contributed by atoms with Crippen molar-refractivity contribution in [2.45, 2.75) is 12.8 Å². The Labute approximate surface area is 172 Å². The van der Waals surface area contributed by atoms with Crippen LogP contribution in [0.2, 0.25) is 0 Å². The van der Waals surface area contributed by atoms with Gasteiger partial charge in [0.25, 0.3) is 0 Å². The van der Waals surface area contributed by atoms with Crippen LogP contribution in [0.5, 0.6) is 0 Å². The van der Waals surface area contributed by atoms with E-state index in [-0.39, 0.29) is 11.8 Å². The van der Waals surface area contributed by atoms with Crippen molar-refractivity contribution in [3.05, 3.63) is 65.4 Å². The molecule has 0 bridgehead atoms. The predicted octanol–water partition coefficient (Wildman–Crippen LogP) is 4.16. The van der Waals surface area contributed by atoms with Crippen LogP contribution in [0.25, 0.3) is 11.3 Å². The second-order valence-electron chi connectivity index (χ2n) is 6.77. The Morgan fingerprint density at radius 1 is 1.04 bits per heavy atom. The van der Waals surface area contributed by atoms with Crippen molar-refractivity contribution >= 4 is 33.3 Å². The average molecular weight is 438 g/mol. The van der Waals surface area contributed by atoms with Crippen molar-refractivity contribution in [2.75, 3.05) is 23.3 Å². The van der Waals surface area contributed by atoms with Gasteiger partial charge in [-0.05, 0) is 55.3 Å². The fourth-order valence-corrected chi connectivity index (χ4v) is 3.75. The molecule has 2 aromatic heterocycles. The van der Waals surface area contributed by atoms with Gasteiger partial charge < -0.3 is 10.2 Å². The van der Waals surface area contributed by atoms with Crippen molar-refractivity contribution in [1.29, 1.82) is 0 Å². The van der Waals surface area contributed by atoms with Crippen LogP contribution in [-0.2, 0) is 4.79 Å². The Morgan fingerprint density at radius 3 is 2.50 bits per heavy atom. The van der Waals surface area contributed by atoms with Crippen LogP contribution in [-0.4, -0.2) is 34.2 Å². The van der Waals surface area contributed by atoms with Crippen LogP contribution in [0.15, 0.2) is 65.4 Å². The Kier molecular flexibility index (Phi) is 5.62. The summed E-state index contributed by atoms with van der Waals surface area (Å²) in [6, 6.07) is 15.5. The largest absolute Gasteiger partial charge is 0.355 e. The molecule has 1 aromatic carbocycles. The van der Waals surface area contributed by atoms with Gasteiger partial charge in [0.15, 0.2) is 5.82 Å². The van der Waals surface area contributed by atoms with E-state index in [9.17, 15) is 4.79 Å². The number of piperidine rings is 1. The number of pyridine rings is 1. The fraction of sp³-hybridized carbons (Fsp3) is 0.238. The Morgan fingerprint density at radius 2 is 1.82 bits per heavy atom. The molecule has 1 aliphatic heterocycles. The summed E-state index contributed by atoms with van der Waals surface area (Å²) >= 11 is 3.43. The molecule has 0 atom stereocenters. The molecule has 1 saturated heterocycles. The summed E-state index contributed by atoms with van der Waals surface area (Å²) in [6.45, 7) is 1.58. The number of anilines is 2. The van der Waals surface area contributed by atoms with Crippen LogP contribution in [0, 0.1) is 5.92 Å². The minimum absolute atomic E-state index is 0.0132. The number of amides is 1. The molecule has 0 unspecified atom stereocenters. The smallest absolute Gasteiger partial charge is 0.227 e. The lowest BCUT2D eigenvalue weighted by molar-refractivity contribution is -0.120. The molecule has 6 nitrogen and oxygen atoms in total. The highest BCUT2D eigenvalue weighted by atomic mass is 79.9. The lowest BCUT2D eigenvalue weighted by atomic mass is 9.96. The van der Waals surface area contributed by atoms with Gasteiger partial charge in [0, 0.05) is 47.1 Å². The third kappa shape index (κ3) is 4.36. The Hall–Kier alpha value is -2.80. The molecule has 3 aromatic rings. The van der Waals surface area contributed by atoms with E-state index >= 15 is 0 Å². The standard InChI is InChI=1S/C21H20BrN5O/c22-17-2-1-3-18(14-17)24-21(28)16-8-12-27(13-9-16)20-5-4-19(25-26-20)15-6-10-23-11-7-15/h1-7,10-11,14,16H,8-9,12-13H2,(H,24,28). The van der Waals surface area contributed by atoms with Gasteiger partial charge in [-0.15, -0.1) is 10.2 Å². The van der Waals surface area contributed by atoms with Crippen LogP contribution < -0.4 is 10.2 Å². The van der Waals surface area contributed by atoms with Crippen LogP contribution >= 0.6 is 15.9 Å². The van der Waals surface area contributed by atoms with Gasteiger partial charge in [-0.2, -0.15) is 0 Å². The normalized spacial score (nSPS) is 14.7. The molecular formula is C21H20BrN5O. The highest BCUT2D eigenvalue weighted by Gasteiger charge is 2.26. The minimum Gasteiger partial charge on any atom is -0.355 e. The summed E-state index contributed by atoms with van der Waals surface area (Å²) in [5.41, 5.74) is 2.64. The van der Waals surface area contributed by atoms with Crippen molar-refractivity contribution < 1.29 is 4.79 Å². The molecule has 0 radical (unpaired) electrons. The highest BCUT2D eigenvalue weighted by molar-refractivity contribution is 9.10. The minimum atomic E-state index is 0.0132. The second kappa shape index (κ2) is 8.48. The molecule has 7 heteroatoms. The number of carbonyl (C=O) groups is 1. The van der Waals surface area contributed by atoms with E-state index in [4.69, 9.17) is 0 Å². The number of hydrogen-bond acceptors (Lipinski definition) is 5. The molecule has 1 amide bonds.